The van der Waals surface area contributed by atoms with Gasteiger partial charge < -0.3 is 10.4 Å². The monoisotopic (exact) mass is 324 g/mol. The van der Waals surface area contributed by atoms with E-state index in [4.69, 9.17) is 16.7 Å². The Labute approximate surface area is 130 Å². The van der Waals surface area contributed by atoms with Gasteiger partial charge in [-0.25, -0.2) is 4.98 Å². The van der Waals surface area contributed by atoms with Gasteiger partial charge in [0.2, 0.25) is 0 Å². The van der Waals surface area contributed by atoms with Crippen LogP contribution < -0.4 is 5.32 Å². The highest BCUT2D eigenvalue weighted by Gasteiger charge is 2.20. The maximum Gasteiger partial charge on any atom is 0.305 e. The van der Waals surface area contributed by atoms with Crippen molar-refractivity contribution in [3.8, 4) is 0 Å². The number of nitrogens with zero attached hydrogens (tertiary/aromatic N) is 1. The predicted molar refractivity (Wildman–Crippen MR) is 80.8 cm³/mol. The van der Waals surface area contributed by atoms with Crippen LogP contribution in [-0.4, -0.2) is 22.0 Å². The van der Waals surface area contributed by atoms with Gasteiger partial charge in [-0.1, -0.05) is 17.7 Å². The van der Waals surface area contributed by atoms with Crippen molar-refractivity contribution in [1.82, 2.24) is 10.3 Å². The summed E-state index contributed by atoms with van der Waals surface area (Å²) in [5.41, 5.74) is 0.984. The number of nitrogens with one attached hydrogen (secondary N) is 1. The van der Waals surface area contributed by atoms with E-state index in [2.05, 4.69) is 10.3 Å². The highest BCUT2D eigenvalue weighted by atomic mass is 35.5. The van der Waals surface area contributed by atoms with Crippen molar-refractivity contribution < 1.29 is 14.7 Å². The Hall–Kier alpha value is -1.92. The first-order chi connectivity index (χ1) is 9.95. The molecule has 0 spiro atoms. The number of pyridine rings is 1. The molecule has 0 bridgehead atoms. The van der Waals surface area contributed by atoms with Gasteiger partial charge in [-0.05, 0) is 30.5 Å². The summed E-state index contributed by atoms with van der Waals surface area (Å²) in [5.74, 6) is -1.35. The van der Waals surface area contributed by atoms with Crippen LogP contribution in [0, 0.1) is 6.92 Å². The summed E-state index contributed by atoms with van der Waals surface area (Å²) in [6.07, 6.45) is -0.177. The number of halogens is 1. The number of aromatic nitrogens is 1. The molecule has 21 heavy (non-hydrogen) atoms. The van der Waals surface area contributed by atoms with Crippen molar-refractivity contribution in [2.75, 3.05) is 0 Å². The van der Waals surface area contributed by atoms with Crippen molar-refractivity contribution in [3.05, 3.63) is 50.9 Å². The second-order valence-corrected chi connectivity index (χ2v) is 5.83. The molecule has 2 heterocycles. The summed E-state index contributed by atoms with van der Waals surface area (Å²) < 4.78 is 0. The van der Waals surface area contributed by atoms with Gasteiger partial charge in [-0.2, -0.15) is 0 Å². The molecule has 2 aromatic heterocycles. The predicted octanol–water partition coefficient (Wildman–Crippen LogP) is 3.05. The second-order valence-electron chi connectivity index (χ2n) is 4.46. The van der Waals surface area contributed by atoms with Crippen LogP contribution in [-0.2, 0) is 4.79 Å². The topological polar surface area (TPSA) is 79.3 Å². The summed E-state index contributed by atoms with van der Waals surface area (Å²) >= 11 is 7.23. The maximum absolute atomic E-state index is 12.3. The van der Waals surface area contributed by atoms with Crippen LogP contribution in [0.2, 0.25) is 5.15 Å². The fourth-order valence-corrected chi connectivity index (χ4v) is 2.92. The van der Waals surface area contributed by atoms with Gasteiger partial charge in [0, 0.05) is 16.1 Å². The molecule has 5 nitrogen and oxygen atoms in total. The van der Waals surface area contributed by atoms with Crippen molar-refractivity contribution in [3.63, 3.8) is 0 Å². The van der Waals surface area contributed by atoms with Gasteiger partial charge >= 0.3 is 5.97 Å². The Kier molecular flexibility index (Phi) is 4.93. The van der Waals surface area contributed by atoms with E-state index in [0.29, 0.717) is 11.3 Å². The zero-order valence-electron chi connectivity index (χ0n) is 11.2. The first kappa shape index (κ1) is 15.5. The third-order valence-electron chi connectivity index (χ3n) is 2.76. The summed E-state index contributed by atoms with van der Waals surface area (Å²) in [4.78, 5) is 28.0. The third kappa shape index (κ3) is 4.27. The molecule has 2 rings (SSSR count). The smallest absolute Gasteiger partial charge is 0.305 e. The Balaban J connectivity index is 2.19. The summed E-state index contributed by atoms with van der Waals surface area (Å²) in [5, 5.41) is 13.8. The van der Waals surface area contributed by atoms with Gasteiger partial charge in [-0.3, -0.25) is 9.59 Å². The molecule has 0 aliphatic heterocycles. The summed E-state index contributed by atoms with van der Waals surface area (Å²) in [6.45, 7) is 1.73. The second kappa shape index (κ2) is 6.69. The molecular weight excluding hydrogens is 312 g/mol. The Morgan fingerprint density at radius 2 is 2.24 bits per heavy atom. The van der Waals surface area contributed by atoms with Gasteiger partial charge in [0.25, 0.3) is 5.91 Å². The lowest BCUT2D eigenvalue weighted by molar-refractivity contribution is -0.137. The molecule has 110 valence electrons. The lowest BCUT2D eigenvalue weighted by Crippen LogP contribution is -2.29. The molecule has 0 aromatic carbocycles. The van der Waals surface area contributed by atoms with Gasteiger partial charge in [-0.15, -0.1) is 11.3 Å². The van der Waals surface area contributed by atoms with E-state index in [-0.39, 0.29) is 17.5 Å². The number of thiophene rings is 1. The van der Waals surface area contributed by atoms with Gasteiger partial charge in [0.1, 0.15) is 5.15 Å². The number of carboxylic acid groups (broad SMARTS) is 1. The fourth-order valence-electron chi connectivity index (χ4n) is 1.89. The molecule has 2 aromatic rings. The molecular formula is C14H13ClN2O3S. The first-order valence-corrected chi connectivity index (χ1v) is 7.41. The van der Waals surface area contributed by atoms with Crippen molar-refractivity contribution in [1.29, 1.82) is 0 Å². The number of carbonyl (C=O) groups excluding carboxylic acids is 1. The Morgan fingerprint density at radius 1 is 1.48 bits per heavy atom. The number of carboxylic acids is 1. The van der Waals surface area contributed by atoms with Crippen molar-refractivity contribution in [2.24, 2.45) is 0 Å². The molecule has 1 amide bonds. The van der Waals surface area contributed by atoms with Crippen LogP contribution in [0.15, 0.2) is 29.6 Å². The van der Waals surface area contributed by atoms with E-state index in [1.807, 2.05) is 11.4 Å². The SMILES string of the molecule is Cc1cc(C(=O)NC(CC(=O)O)c2cccs2)cc(Cl)n1. The molecule has 0 saturated carbocycles. The zero-order chi connectivity index (χ0) is 15.4. The van der Waals surface area contributed by atoms with Gasteiger partial charge in [0.15, 0.2) is 0 Å². The van der Waals surface area contributed by atoms with Crippen LogP contribution in [0.4, 0.5) is 0 Å². The lowest BCUT2D eigenvalue weighted by Gasteiger charge is -2.15. The average Bonchev–Trinajstić information content (AvgIpc) is 2.89. The minimum Gasteiger partial charge on any atom is -0.481 e. The van der Waals surface area contributed by atoms with Gasteiger partial charge in [0.05, 0.1) is 12.5 Å². The van der Waals surface area contributed by atoms with Crippen LogP contribution in [0.25, 0.3) is 0 Å². The van der Waals surface area contributed by atoms with Crippen LogP contribution in [0.5, 0.6) is 0 Å². The van der Waals surface area contributed by atoms with E-state index in [1.165, 1.54) is 17.4 Å². The van der Waals surface area contributed by atoms with Crippen LogP contribution in [0.3, 0.4) is 0 Å². The van der Waals surface area contributed by atoms with Crippen LogP contribution >= 0.6 is 22.9 Å². The quantitative estimate of drug-likeness (QED) is 0.828. The van der Waals surface area contributed by atoms with E-state index in [1.54, 1.807) is 19.1 Å². The molecule has 0 aliphatic carbocycles. The lowest BCUT2D eigenvalue weighted by atomic mass is 10.1. The third-order valence-corrected chi connectivity index (χ3v) is 3.93. The highest BCUT2D eigenvalue weighted by molar-refractivity contribution is 7.10. The van der Waals surface area contributed by atoms with Crippen molar-refractivity contribution >= 4 is 34.8 Å². The maximum atomic E-state index is 12.3. The molecule has 0 radical (unpaired) electrons. The Bertz CT molecular complexity index is 638. The highest BCUT2D eigenvalue weighted by Crippen LogP contribution is 2.23. The minimum atomic E-state index is -0.974. The number of hydrogen-bond donors (Lipinski definition) is 2. The number of amides is 1. The number of hydrogen-bond acceptors (Lipinski definition) is 4. The number of carbonyl (C=O) groups is 2. The fraction of sp³-hybridized carbons (Fsp3) is 0.214. The molecule has 0 saturated heterocycles. The molecule has 1 unspecified atom stereocenters. The van der Waals surface area contributed by atoms with E-state index in [9.17, 15) is 9.59 Å². The molecule has 2 N–H and O–H groups in total. The number of aryl methyl sites for hydroxylation is 1. The van der Waals surface area contributed by atoms with E-state index < -0.39 is 12.0 Å². The van der Waals surface area contributed by atoms with E-state index >= 15 is 0 Å². The van der Waals surface area contributed by atoms with Crippen molar-refractivity contribution in [2.45, 2.75) is 19.4 Å². The first-order valence-electron chi connectivity index (χ1n) is 6.16. The minimum absolute atomic E-state index is 0.177. The normalized spacial score (nSPS) is 11.9. The summed E-state index contributed by atoms with van der Waals surface area (Å²) in [6, 6.07) is 6.10. The van der Waals surface area contributed by atoms with E-state index in [0.717, 1.165) is 4.88 Å². The largest absolute Gasteiger partial charge is 0.481 e. The van der Waals surface area contributed by atoms with Crippen LogP contribution in [0.1, 0.15) is 33.4 Å². The number of rotatable bonds is 5. The average molecular weight is 325 g/mol. The molecule has 1 atom stereocenters. The molecule has 0 aliphatic rings. The summed E-state index contributed by atoms with van der Waals surface area (Å²) in [7, 11) is 0. The molecule has 0 fully saturated rings. The Morgan fingerprint density at radius 3 is 2.81 bits per heavy atom. The standard InChI is InChI=1S/C14H13ClN2O3S/c1-8-5-9(6-12(15)16-8)14(20)17-10(7-13(18)19)11-3-2-4-21-11/h2-6,10H,7H2,1H3,(H,17,20)(H,18,19). The zero-order valence-corrected chi connectivity index (χ0v) is 12.7. The molecule has 7 heteroatoms. The number of aliphatic carboxylic acids is 1.